The van der Waals surface area contributed by atoms with Gasteiger partial charge in [0.25, 0.3) is 16.5 Å². The zero-order valence-electron chi connectivity index (χ0n) is 18.4. The average Bonchev–Trinajstić information content (AvgIpc) is 3.21. The van der Waals surface area contributed by atoms with Crippen LogP contribution in [0.1, 0.15) is 17.4 Å². The van der Waals surface area contributed by atoms with Crippen molar-refractivity contribution in [1.29, 1.82) is 0 Å². The van der Waals surface area contributed by atoms with Gasteiger partial charge in [-0.15, -0.1) is 5.10 Å². The summed E-state index contributed by atoms with van der Waals surface area (Å²) in [6.45, 7) is 5.15. The van der Waals surface area contributed by atoms with E-state index in [9.17, 15) is 13.2 Å². The quantitative estimate of drug-likeness (QED) is 0.436. The highest BCUT2D eigenvalue weighted by molar-refractivity contribution is 7.90. The Hall–Kier alpha value is -3.44. The Kier molecular flexibility index (Phi) is 7.67. The topological polar surface area (TPSA) is 122 Å². The van der Waals surface area contributed by atoms with Gasteiger partial charge in [0.05, 0.1) is 17.0 Å². The first-order valence-electron chi connectivity index (χ1n) is 10.3. The van der Waals surface area contributed by atoms with Crippen molar-refractivity contribution in [2.45, 2.75) is 11.8 Å². The molecule has 0 atom stereocenters. The van der Waals surface area contributed by atoms with Crippen LogP contribution in [0.4, 0.5) is 5.69 Å². The summed E-state index contributed by atoms with van der Waals surface area (Å²) >= 11 is 0. The Morgan fingerprint density at radius 1 is 1.12 bits per heavy atom. The van der Waals surface area contributed by atoms with Gasteiger partial charge in [-0.05, 0) is 44.3 Å². The van der Waals surface area contributed by atoms with Crippen LogP contribution in [-0.4, -0.2) is 79.9 Å². The summed E-state index contributed by atoms with van der Waals surface area (Å²) in [6.07, 6.45) is 0. The first-order chi connectivity index (χ1) is 15.8. The highest BCUT2D eigenvalue weighted by Crippen LogP contribution is 2.28. The van der Waals surface area contributed by atoms with Crippen LogP contribution in [-0.2, 0) is 19.6 Å². The summed E-state index contributed by atoms with van der Waals surface area (Å²) in [5.41, 5.74) is 1.25. The molecule has 0 aliphatic carbocycles. The molecule has 2 aromatic carbocycles. The van der Waals surface area contributed by atoms with Gasteiger partial charge in [0.15, 0.2) is 5.69 Å². The zero-order valence-corrected chi connectivity index (χ0v) is 19.2. The normalized spacial score (nSPS) is 14.4. The van der Waals surface area contributed by atoms with Gasteiger partial charge in [0, 0.05) is 37.3 Å². The lowest BCUT2D eigenvalue weighted by molar-refractivity contribution is -0.122. The predicted octanol–water partition coefficient (Wildman–Crippen LogP) is 1.90. The minimum Gasteiger partial charge on any atom is -0.483 e. The third-order valence-electron chi connectivity index (χ3n) is 5.24. The molecule has 1 N–H and O–H groups in total. The Morgan fingerprint density at radius 2 is 1.76 bits per heavy atom. The summed E-state index contributed by atoms with van der Waals surface area (Å²) in [7, 11) is -1.90. The van der Waals surface area contributed by atoms with Crippen molar-refractivity contribution >= 4 is 39.1 Å². The number of rotatable bonds is 5. The molecule has 11 heteroatoms. The molecule has 0 radical (unpaired) electrons. The summed E-state index contributed by atoms with van der Waals surface area (Å²) in [5.74, 6) is -0.642. The number of ether oxygens (including phenoxy) is 1. The van der Waals surface area contributed by atoms with E-state index in [4.69, 9.17) is 14.6 Å². The lowest BCUT2D eigenvalue weighted by atomic mass is 10.1. The van der Waals surface area contributed by atoms with Crippen molar-refractivity contribution in [3.63, 3.8) is 0 Å². The van der Waals surface area contributed by atoms with Crippen molar-refractivity contribution in [3.05, 3.63) is 54.2 Å². The molecule has 0 unspecified atom stereocenters. The summed E-state index contributed by atoms with van der Waals surface area (Å²) in [5, 5.41) is 11.5. The molecule has 33 heavy (non-hydrogen) atoms. The maximum absolute atomic E-state index is 13.3. The molecule has 1 fully saturated rings. The lowest BCUT2D eigenvalue weighted by Gasteiger charge is -2.34. The number of piperazine rings is 1. The van der Waals surface area contributed by atoms with Crippen molar-refractivity contribution < 1.29 is 27.9 Å². The van der Waals surface area contributed by atoms with Crippen LogP contribution in [0.15, 0.2) is 53.4 Å². The molecule has 1 aromatic heterocycles. The predicted molar refractivity (Wildman–Crippen MR) is 123 cm³/mol. The van der Waals surface area contributed by atoms with E-state index in [1.54, 1.807) is 37.3 Å². The van der Waals surface area contributed by atoms with E-state index in [2.05, 4.69) is 21.9 Å². The fraction of sp³-hybridized carbons (Fsp3) is 0.318. The van der Waals surface area contributed by atoms with Crippen molar-refractivity contribution in [2.75, 3.05) is 44.7 Å². The van der Waals surface area contributed by atoms with E-state index >= 15 is 0 Å². The molecule has 10 nitrogen and oxygen atoms in total. The van der Waals surface area contributed by atoms with E-state index < -0.39 is 16.0 Å². The van der Waals surface area contributed by atoms with E-state index in [1.165, 1.54) is 12.1 Å². The second kappa shape index (κ2) is 10.5. The molecule has 4 rings (SSSR count). The first-order valence-corrected chi connectivity index (χ1v) is 11.8. The van der Waals surface area contributed by atoms with Gasteiger partial charge in [-0.2, -0.15) is 12.5 Å². The second-order valence-corrected chi connectivity index (χ2v) is 9.09. The smallest absolute Gasteiger partial charge is 0.359 e. The number of hydrogen-bond acceptors (Lipinski definition) is 8. The monoisotopic (exact) mass is 474 g/mol. The number of hydrogen-bond donors (Lipinski definition) is 1. The van der Waals surface area contributed by atoms with Gasteiger partial charge in [0.1, 0.15) is 0 Å². The third kappa shape index (κ3) is 5.15. The molecule has 0 saturated carbocycles. The van der Waals surface area contributed by atoms with Gasteiger partial charge in [-0.3, -0.25) is 4.79 Å². The van der Waals surface area contributed by atoms with Crippen molar-refractivity contribution in [3.8, 4) is 0 Å². The summed E-state index contributed by atoms with van der Waals surface area (Å²) in [4.78, 5) is 25.4. The number of esters is 1. The fourth-order valence-electron chi connectivity index (χ4n) is 3.56. The van der Waals surface area contributed by atoms with Gasteiger partial charge in [-0.25, -0.2) is 4.79 Å². The molecule has 2 heterocycles. The fourth-order valence-corrected chi connectivity index (χ4v) is 4.86. The number of carbonyl (C=O) groups is 2. The third-order valence-corrected chi connectivity index (χ3v) is 6.84. The number of likely N-dealkylation sites (N-methyl/N-ethyl adjacent to an activating group) is 1. The number of aromatic nitrogens is 2. The number of fused-ring (bicyclic) bond motifs is 1. The minimum absolute atomic E-state index is 0.00344. The number of anilines is 1. The molecule has 176 valence electrons. The number of benzene rings is 2. The van der Waals surface area contributed by atoms with E-state index in [0.717, 1.165) is 36.0 Å². The summed E-state index contributed by atoms with van der Waals surface area (Å²) < 4.78 is 32.6. The number of carboxylic acid groups (broad SMARTS) is 1. The molecule has 1 saturated heterocycles. The van der Waals surface area contributed by atoms with E-state index in [0.29, 0.717) is 10.9 Å². The van der Waals surface area contributed by atoms with Crippen LogP contribution < -0.4 is 4.90 Å². The van der Waals surface area contributed by atoms with Crippen LogP contribution in [0.25, 0.3) is 10.9 Å². The van der Waals surface area contributed by atoms with Crippen molar-refractivity contribution in [1.82, 2.24) is 14.1 Å². The highest BCUT2D eigenvalue weighted by atomic mass is 32.2. The minimum atomic E-state index is -3.98. The number of carbonyl (C=O) groups excluding carboxylic acids is 1. The highest BCUT2D eigenvalue weighted by Gasteiger charge is 2.27. The first kappa shape index (κ1) is 24.2. The van der Waals surface area contributed by atoms with Crippen LogP contribution in [0.3, 0.4) is 0 Å². The largest absolute Gasteiger partial charge is 0.483 e. The molecule has 1 aliphatic heterocycles. The van der Waals surface area contributed by atoms with Gasteiger partial charge >= 0.3 is 5.97 Å². The average molecular weight is 475 g/mol. The Balaban J connectivity index is 0.000000968. The SMILES string of the molecule is CCOC(=O)c1nn(S(=O)(=O)c2ccccc2)c2cc(N3CCN(C)CC3)ccc12.O=CO. The molecule has 0 amide bonds. The maximum atomic E-state index is 13.3. The van der Waals surface area contributed by atoms with Crippen LogP contribution in [0.5, 0.6) is 0 Å². The summed E-state index contributed by atoms with van der Waals surface area (Å²) in [6, 6.07) is 13.5. The van der Waals surface area contributed by atoms with Gasteiger partial charge < -0.3 is 19.6 Å². The van der Waals surface area contributed by atoms with Gasteiger partial charge in [0.2, 0.25) is 0 Å². The molecule has 3 aromatic rings. The standard InChI is InChI=1S/C21H24N4O4S.CH2O2/c1-3-29-21(26)20-18-10-9-16(24-13-11-23(2)12-14-24)15-19(18)25(22-20)30(27,28)17-7-5-4-6-8-17;2-1-3/h4-10,15H,3,11-14H2,1-2H3;1H,(H,2,3). The molecule has 0 bridgehead atoms. The van der Waals surface area contributed by atoms with Crippen LogP contribution >= 0.6 is 0 Å². The Labute approximate surface area is 192 Å². The van der Waals surface area contributed by atoms with Gasteiger partial charge in [-0.1, -0.05) is 18.2 Å². The zero-order chi connectivity index (χ0) is 24.0. The van der Waals surface area contributed by atoms with Crippen LogP contribution in [0.2, 0.25) is 0 Å². The van der Waals surface area contributed by atoms with Crippen molar-refractivity contribution in [2.24, 2.45) is 0 Å². The second-order valence-electron chi connectivity index (χ2n) is 7.33. The Bertz CT molecular complexity index is 1220. The van der Waals surface area contributed by atoms with Crippen LogP contribution in [0, 0.1) is 0 Å². The lowest BCUT2D eigenvalue weighted by Crippen LogP contribution is -2.44. The molecule has 1 aliphatic rings. The van der Waals surface area contributed by atoms with E-state index in [-0.39, 0.29) is 23.7 Å². The molecular weight excluding hydrogens is 448 g/mol. The molecular formula is C22H26N4O6S. The molecule has 0 spiro atoms. The number of nitrogens with zero attached hydrogens (tertiary/aromatic N) is 4. The Morgan fingerprint density at radius 3 is 2.36 bits per heavy atom. The maximum Gasteiger partial charge on any atom is 0.359 e. The van der Waals surface area contributed by atoms with E-state index in [1.807, 2.05) is 6.07 Å².